The molecule has 29 heavy (non-hydrogen) atoms. The summed E-state index contributed by atoms with van der Waals surface area (Å²) in [6, 6.07) is 8.73. The highest BCUT2D eigenvalue weighted by Crippen LogP contribution is 2.16. The summed E-state index contributed by atoms with van der Waals surface area (Å²) in [5.74, 6) is 2.46. The molecular formula is C21H32N6OS. The van der Waals surface area contributed by atoms with Crippen molar-refractivity contribution >= 4 is 17.7 Å². The summed E-state index contributed by atoms with van der Waals surface area (Å²) in [7, 11) is 2.09. The lowest BCUT2D eigenvalue weighted by atomic mass is 10.1. The zero-order chi connectivity index (χ0) is 20.5. The van der Waals surface area contributed by atoms with Gasteiger partial charge in [0.1, 0.15) is 12.2 Å². The molecule has 3 rings (SSSR count). The topological polar surface area (TPSA) is 67.6 Å². The Morgan fingerprint density at radius 2 is 2.21 bits per heavy atom. The number of thioether (sulfide) groups is 1. The Bertz CT molecular complexity index is 770. The van der Waals surface area contributed by atoms with Gasteiger partial charge in [0, 0.05) is 57.1 Å². The molecule has 0 aliphatic carbocycles. The third kappa shape index (κ3) is 6.47. The van der Waals surface area contributed by atoms with Crippen molar-refractivity contribution in [3.63, 3.8) is 0 Å². The second-order valence-electron chi connectivity index (χ2n) is 7.32. The fraction of sp³-hybridized carbons (Fsp3) is 0.571. The number of benzene rings is 1. The number of aliphatic imine (C=N–C) groups is 1. The molecule has 0 radical (unpaired) electrons. The maximum atomic E-state index is 5.50. The molecular weight excluding hydrogens is 384 g/mol. The maximum Gasteiger partial charge on any atom is 0.194 e. The number of nitrogens with one attached hydrogen (secondary N) is 1. The number of guanidine groups is 1. The minimum Gasteiger partial charge on any atom is -0.381 e. The number of ether oxygens (including phenoxy) is 1. The van der Waals surface area contributed by atoms with Crippen molar-refractivity contribution in [3.8, 4) is 0 Å². The summed E-state index contributed by atoms with van der Waals surface area (Å²) in [6.45, 7) is 6.98. The smallest absolute Gasteiger partial charge is 0.194 e. The SMILES string of the molecule is CCc1nncn1CCNC(=NCC1CCOC1)N(C)Cc1ccc(SC)cc1. The molecule has 7 nitrogen and oxygen atoms in total. The van der Waals surface area contributed by atoms with Gasteiger partial charge in [-0.15, -0.1) is 22.0 Å². The zero-order valence-electron chi connectivity index (χ0n) is 17.7. The van der Waals surface area contributed by atoms with E-state index >= 15 is 0 Å². The van der Waals surface area contributed by atoms with Crippen LogP contribution in [0.5, 0.6) is 0 Å². The normalized spacial score (nSPS) is 16.9. The molecule has 0 saturated carbocycles. The second kappa shape index (κ2) is 11.2. The first-order chi connectivity index (χ1) is 14.2. The van der Waals surface area contributed by atoms with Gasteiger partial charge in [0.15, 0.2) is 5.96 Å². The fourth-order valence-corrected chi connectivity index (χ4v) is 3.77. The van der Waals surface area contributed by atoms with E-state index in [1.54, 1.807) is 18.1 Å². The molecule has 0 bridgehead atoms. The van der Waals surface area contributed by atoms with Crippen molar-refractivity contribution in [1.82, 2.24) is 25.0 Å². The van der Waals surface area contributed by atoms with Crippen LogP contribution in [-0.4, -0.2) is 65.2 Å². The summed E-state index contributed by atoms with van der Waals surface area (Å²) in [5.41, 5.74) is 1.27. The highest BCUT2D eigenvalue weighted by molar-refractivity contribution is 7.98. The van der Waals surface area contributed by atoms with Crippen LogP contribution in [0.25, 0.3) is 0 Å². The first-order valence-electron chi connectivity index (χ1n) is 10.3. The van der Waals surface area contributed by atoms with Gasteiger partial charge in [0.25, 0.3) is 0 Å². The molecule has 2 aromatic rings. The van der Waals surface area contributed by atoms with Crippen LogP contribution in [0.15, 0.2) is 40.5 Å². The van der Waals surface area contributed by atoms with E-state index in [4.69, 9.17) is 9.73 Å². The molecule has 0 spiro atoms. The largest absolute Gasteiger partial charge is 0.381 e. The number of hydrogen-bond donors (Lipinski definition) is 1. The van der Waals surface area contributed by atoms with Gasteiger partial charge in [-0.3, -0.25) is 4.99 Å². The Hall–Kier alpha value is -2.06. The van der Waals surface area contributed by atoms with Crippen molar-refractivity contribution in [2.45, 2.75) is 37.8 Å². The van der Waals surface area contributed by atoms with Crippen LogP contribution in [-0.2, 0) is 24.2 Å². The summed E-state index contributed by atoms with van der Waals surface area (Å²) >= 11 is 1.76. The third-order valence-corrected chi connectivity index (χ3v) is 5.85. The van der Waals surface area contributed by atoms with Crippen LogP contribution in [0.2, 0.25) is 0 Å². The standard InChI is InChI=1S/C21H32N6OS/c1-4-20-25-24-16-27(20)11-10-22-21(23-13-18-9-12-28-15-18)26(2)14-17-5-7-19(29-3)8-6-17/h5-8,16,18H,4,9-15H2,1-3H3,(H,22,23). The van der Waals surface area contributed by atoms with E-state index in [0.29, 0.717) is 5.92 Å². The minimum atomic E-state index is 0.519. The molecule has 158 valence electrons. The molecule has 1 atom stereocenters. The number of nitrogens with zero attached hydrogens (tertiary/aromatic N) is 5. The Morgan fingerprint density at radius 3 is 2.90 bits per heavy atom. The van der Waals surface area contributed by atoms with Crippen LogP contribution in [0.3, 0.4) is 0 Å². The first kappa shape index (κ1) is 21.6. The maximum absolute atomic E-state index is 5.50. The van der Waals surface area contributed by atoms with Gasteiger partial charge >= 0.3 is 0 Å². The van der Waals surface area contributed by atoms with Crippen molar-refractivity contribution < 1.29 is 4.74 Å². The van der Waals surface area contributed by atoms with Gasteiger partial charge in [-0.05, 0) is 30.4 Å². The quantitative estimate of drug-likeness (QED) is 0.385. The van der Waals surface area contributed by atoms with Crippen molar-refractivity contribution in [1.29, 1.82) is 0 Å². The van der Waals surface area contributed by atoms with Gasteiger partial charge in [0.2, 0.25) is 0 Å². The van der Waals surface area contributed by atoms with Crippen LogP contribution in [0.1, 0.15) is 24.7 Å². The van der Waals surface area contributed by atoms with Crippen molar-refractivity contribution in [2.75, 3.05) is 39.6 Å². The lowest BCUT2D eigenvalue weighted by Crippen LogP contribution is -2.40. The Balaban J connectivity index is 1.61. The average Bonchev–Trinajstić information content (AvgIpc) is 3.42. The van der Waals surface area contributed by atoms with E-state index in [0.717, 1.165) is 64.0 Å². The second-order valence-corrected chi connectivity index (χ2v) is 8.20. The average molecular weight is 417 g/mol. The molecule has 8 heteroatoms. The van der Waals surface area contributed by atoms with Crippen LogP contribution in [0.4, 0.5) is 0 Å². The van der Waals surface area contributed by atoms with E-state index in [-0.39, 0.29) is 0 Å². The predicted molar refractivity (Wildman–Crippen MR) is 118 cm³/mol. The zero-order valence-corrected chi connectivity index (χ0v) is 18.5. The highest BCUT2D eigenvalue weighted by atomic mass is 32.2. The monoisotopic (exact) mass is 416 g/mol. The number of rotatable bonds is 9. The summed E-state index contributed by atoms with van der Waals surface area (Å²) < 4.78 is 7.59. The van der Waals surface area contributed by atoms with Gasteiger partial charge < -0.3 is 19.5 Å². The van der Waals surface area contributed by atoms with Gasteiger partial charge in [-0.1, -0.05) is 19.1 Å². The van der Waals surface area contributed by atoms with Crippen LogP contribution >= 0.6 is 11.8 Å². The van der Waals surface area contributed by atoms with E-state index in [9.17, 15) is 0 Å². The molecule has 1 aliphatic heterocycles. The number of hydrogen-bond acceptors (Lipinski definition) is 5. The molecule has 0 amide bonds. The van der Waals surface area contributed by atoms with Crippen molar-refractivity contribution in [3.05, 3.63) is 42.0 Å². The number of aromatic nitrogens is 3. The van der Waals surface area contributed by atoms with Gasteiger partial charge in [0.05, 0.1) is 6.61 Å². The Kier molecular flexibility index (Phi) is 8.37. The minimum absolute atomic E-state index is 0.519. The summed E-state index contributed by atoms with van der Waals surface area (Å²) in [4.78, 5) is 8.38. The molecule has 1 unspecified atom stereocenters. The Labute approximate surface area is 177 Å². The van der Waals surface area contributed by atoms with E-state index in [1.165, 1.54) is 10.5 Å². The van der Waals surface area contributed by atoms with E-state index in [2.05, 4.69) is 69.5 Å². The molecule has 1 fully saturated rings. The lowest BCUT2D eigenvalue weighted by Gasteiger charge is -2.23. The van der Waals surface area contributed by atoms with Gasteiger partial charge in [-0.2, -0.15) is 0 Å². The van der Waals surface area contributed by atoms with Gasteiger partial charge in [-0.25, -0.2) is 0 Å². The van der Waals surface area contributed by atoms with Crippen molar-refractivity contribution in [2.24, 2.45) is 10.9 Å². The van der Waals surface area contributed by atoms with E-state index < -0.39 is 0 Å². The molecule has 1 aromatic carbocycles. The molecule has 1 aromatic heterocycles. The molecule has 1 N–H and O–H groups in total. The molecule has 2 heterocycles. The summed E-state index contributed by atoms with van der Waals surface area (Å²) in [5, 5.41) is 11.7. The lowest BCUT2D eigenvalue weighted by molar-refractivity contribution is 0.187. The first-order valence-corrected chi connectivity index (χ1v) is 11.5. The fourth-order valence-electron chi connectivity index (χ4n) is 3.36. The third-order valence-electron chi connectivity index (χ3n) is 5.11. The molecule has 1 saturated heterocycles. The van der Waals surface area contributed by atoms with E-state index in [1.807, 2.05) is 0 Å². The van der Waals surface area contributed by atoms with Crippen LogP contribution < -0.4 is 5.32 Å². The Morgan fingerprint density at radius 1 is 1.38 bits per heavy atom. The highest BCUT2D eigenvalue weighted by Gasteiger charge is 2.16. The summed E-state index contributed by atoms with van der Waals surface area (Å²) in [6.07, 6.45) is 5.87. The number of aryl methyl sites for hydroxylation is 1. The molecule has 1 aliphatic rings. The predicted octanol–water partition coefficient (Wildman–Crippen LogP) is 2.68. The van der Waals surface area contributed by atoms with Crippen LogP contribution in [0, 0.1) is 5.92 Å².